The Bertz CT molecular complexity index is 412. The number of carbonyl (C=O) groups excluding carboxylic acids is 1. The van der Waals surface area contributed by atoms with Gasteiger partial charge in [-0.25, -0.2) is 0 Å². The quantitative estimate of drug-likeness (QED) is 0.597. The summed E-state index contributed by atoms with van der Waals surface area (Å²) in [6, 6.07) is 7.14. The molecule has 2 unspecified atom stereocenters. The highest BCUT2D eigenvalue weighted by Gasteiger charge is 2.32. The normalized spacial score (nSPS) is 24.0. The van der Waals surface area contributed by atoms with Crippen LogP contribution in [0.25, 0.3) is 0 Å². The molecular formula is C12H16N2O3. The van der Waals surface area contributed by atoms with E-state index in [1.165, 1.54) is 4.90 Å². The fourth-order valence-electron chi connectivity index (χ4n) is 1.96. The molecule has 1 fully saturated rings. The smallest absolute Gasteiger partial charge is 0.227 e. The van der Waals surface area contributed by atoms with Crippen molar-refractivity contribution >= 4 is 11.6 Å². The molecule has 0 aliphatic carbocycles. The van der Waals surface area contributed by atoms with Crippen molar-refractivity contribution < 1.29 is 15.0 Å². The number of nitrogen functional groups attached to an aromatic ring is 1. The predicted octanol–water partition coefficient (Wildman–Crippen LogP) is -0.625. The van der Waals surface area contributed by atoms with Gasteiger partial charge in [0.05, 0.1) is 18.6 Å². The minimum atomic E-state index is -0.834. The summed E-state index contributed by atoms with van der Waals surface area (Å²) in [5.41, 5.74) is 7.09. The Kier molecular flexibility index (Phi) is 3.31. The van der Waals surface area contributed by atoms with Gasteiger partial charge in [0.15, 0.2) is 0 Å². The van der Waals surface area contributed by atoms with Crippen LogP contribution in [0, 0.1) is 0 Å². The van der Waals surface area contributed by atoms with E-state index in [9.17, 15) is 15.0 Å². The number of amides is 1. The molecule has 2 atom stereocenters. The van der Waals surface area contributed by atoms with Gasteiger partial charge in [0.25, 0.3) is 0 Å². The summed E-state index contributed by atoms with van der Waals surface area (Å²) >= 11 is 0. The highest BCUT2D eigenvalue weighted by atomic mass is 16.3. The van der Waals surface area contributed by atoms with Crippen molar-refractivity contribution in [3.63, 3.8) is 0 Å². The van der Waals surface area contributed by atoms with Crippen molar-refractivity contribution in [2.24, 2.45) is 0 Å². The maximum Gasteiger partial charge on any atom is 0.227 e. The summed E-state index contributed by atoms with van der Waals surface area (Å²) in [6.45, 7) is 0.393. The van der Waals surface area contributed by atoms with Crippen molar-refractivity contribution in [1.29, 1.82) is 0 Å². The van der Waals surface area contributed by atoms with Crippen molar-refractivity contribution in [2.45, 2.75) is 18.6 Å². The van der Waals surface area contributed by atoms with E-state index in [1.807, 2.05) is 6.07 Å². The molecule has 1 aromatic carbocycles. The standard InChI is InChI=1S/C12H16N2O3/c13-9-3-1-2-8(4-9)5-12(17)14-6-10(15)11(16)7-14/h1-4,10-11,15-16H,5-7,13H2. The minimum Gasteiger partial charge on any atom is -0.399 e. The number of rotatable bonds is 2. The topological polar surface area (TPSA) is 86.8 Å². The van der Waals surface area contributed by atoms with Crippen molar-refractivity contribution in [2.75, 3.05) is 18.8 Å². The number of anilines is 1. The molecule has 1 amide bonds. The molecule has 1 aliphatic rings. The van der Waals surface area contributed by atoms with Gasteiger partial charge in [-0.2, -0.15) is 0 Å². The van der Waals surface area contributed by atoms with E-state index in [0.717, 1.165) is 5.56 Å². The van der Waals surface area contributed by atoms with Gasteiger partial charge in [-0.3, -0.25) is 4.79 Å². The summed E-state index contributed by atoms with van der Waals surface area (Å²) in [5, 5.41) is 18.7. The molecule has 1 heterocycles. The molecule has 1 aliphatic heterocycles. The second-order valence-electron chi connectivity index (χ2n) is 4.36. The Hall–Kier alpha value is -1.59. The molecule has 0 aromatic heterocycles. The lowest BCUT2D eigenvalue weighted by Crippen LogP contribution is -2.31. The molecule has 0 radical (unpaired) electrons. The predicted molar refractivity (Wildman–Crippen MR) is 63.2 cm³/mol. The van der Waals surface area contributed by atoms with Crippen LogP contribution in [-0.2, 0) is 11.2 Å². The highest BCUT2D eigenvalue weighted by molar-refractivity contribution is 5.79. The van der Waals surface area contributed by atoms with E-state index >= 15 is 0 Å². The summed E-state index contributed by atoms with van der Waals surface area (Å²) in [5.74, 6) is -0.105. The molecule has 4 N–H and O–H groups in total. The number of aliphatic hydroxyl groups excluding tert-OH is 2. The van der Waals surface area contributed by atoms with Gasteiger partial charge < -0.3 is 20.8 Å². The monoisotopic (exact) mass is 236 g/mol. The van der Waals surface area contributed by atoms with Crippen LogP contribution in [0.4, 0.5) is 5.69 Å². The van der Waals surface area contributed by atoms with E-state index in [0.29, 0.717) is 5.69 Å². The molecule has 1 saturated heterocycles. The lowest BCUT2D eigenvalue weighted by atomic mass is 10.1. The Balaban J connectivity index is 1.98. The molecule has 5 nitrogen and oxygen atoms in total. The number of β-amino-alcohol motifs (C(OH)–C–C–N with tert-alkyl or cyclic N) is 2. The molecule has 17 heavy (non-hydrogen) atoms. The SMILES string of the molecule is Nc1cccc(CC(=O)N2CC(O)C(O)C2)c1. The first kappa shape index (κ1) is 11.9. The lowest BCUT2D eigenvalue weighted by Gasteiger charge is -2.15. The fourth-order valence-corrected chi connectivity index (χ4v) is 1.96. The van der Waals surface area contributed by atoms with E-state index in [2.05, 4.69) is 0 Å². The van der Waals surface area contributed by atoms with Crippen LogP contribution < -0.4 is 5.73 Å². The average molecular weight is 236 g/mol. The number of nitrogens with zero attached hydrogens (tertiary/aromatic N) is 1. The first-order valence-electron chi connectivity index (χ1n) is 5.54. The van der Waals surface area contributed by atoms with Crippen LogP contribution in [0.3, 0.4) is 0 Å². The van der Waals surface area contributed by atoms with Crippen molar-refractivity contribution in [1.82, 2.24) is 4.90 Å². The van der Waals surface area contributed by atoms with Crippen LogP contribution in [-0.4, -0.2) is 46.3 Å². The maximum atomic E-state index is 11.9. The number of carbonyl (C=O) groups is 1. The van der Waals surface area contributed by atoms with Crippen molar-refractivity contribution in [3.8, 4) is 0 Å². The summed E-state index contributed by atoms with van der Waals surface area (Å²) in [7, 11) is 0. The Morgan fingerprint density at radius 2 is 2.00 bits per heavy atom. The Morgan fingerprint density at radius 1 is 1.35 bits per heavy atom. The molecule has 5 heteroatoms. The second-order valence-corrected chi connectivity index (χ2v) is 4.36. The van der Waals surface area contributed by atoms with E-state index in [4.69, 9.17) is 5.73 Å². The molecular weight excluding hydrogens is 220 g/mol. The van der Waals surface area contributed by atoms with Gasteiger partial charge in [-0.05, 0) is 17.7 Å². The molecule has 0 saturated carbocycles. The van der Waals surface area contributed by atoms with Crippen LogP contribution in [0.2, 0.25) is 0 Å². The summed E-state index contributed by atoms with van der Waals surface area (Å²) in [6.07, 6.45) is -1.43. The first-order chi connectivity index (χ1) is 8.06. The zero-order valence-electron chi connectivity index (χ0n) is 9.41. The van der Waals surface area contributed by atoms with Crippen molar-refractivity contribution in [3.05, 3.63) is 29.8 Å². The van der Waals surface area contributed by atoms with Gasteiger partial charge >= 0.3 is 0 Å². The zero-order chi connectivity index (χ0) is 12.4. The van der Waals surface area contributed by atoms with Gasteiger partial charge in [0.2, 0.25) is 5.91 Å². The molecule has 0 spiro atoms. The van der Waals surface area contributed by atoms with Crippen LogP contribution >= 0.6 is 0 Å². The average Bonchev–Trinajstić information content (AvgIpc) is 2.59. The largest absolute Gasteiger partial charge is 0.399 e. The number of nitrogens with two attached hydrogens (primary N) is 1. The minimum absolute atomic E-state index is 0.105. The number of hydrogen-bond acceptors (Lipinski definition) is 4. The number of hydrogen-bond donors (Lipinski definition) is 3. The summed E-state index contributed by atoms with van der Waals surface area (Å²) < 4.78 is 0. The molecule has 1 aromatic rings. The van der Waals surface area contributed by atoms with Crippen LogP contribution in [0.15, 0.2) is 24.3 Å². The first-order valence-corrected chi connectivity index (χ1v) is 5.54. The molecule has 2 rings (SSSR count). The zero-order valence-corrected chi connectivity index (χ0v) is 9.41. The van der Waals surface area contributed by atoms with Gasteiger partial charge in [-0.15, -0.1) is 0 Å². The Labute approximate surface area is 99.5 Å². The second kappa shape index (κ2) is 4.73. The third-order valence-corrected chi connectivity index (χ3v) is 2.92. The van der Waals surface area contributed by atoms with E-state index in [-0.39, 0.29) is 25.4 Å². The maximum absolute atomic E-state index is 11.9. The third kappa shape index (κ3) is 2.75. The lowest BCUT2D eigenvalue weighted by molar-refractivity contribution is -0.129. The molecule has 92 valence electrons. The number of aliphatic hydroxyl groups is 2. The van der Waals surface area contributed by atoms with Gasteiger partial charge in [-0.1, -0.05) is 12.1 Å². The fraction of sp³-hybridized carbons (Fsp3) is 0.417. The molecule has 0 bridgehead atoms. The number of likely N-dealkylation sites (tertiary alicyclic amines) is 1. The van der Waals surface area contributed by atoms with Gasteiger partial charge in [0.1, 0.15) is 0 Å². The highest BCUT2D eigenvalue weighted by Crippen LogP contribution is 2.13. The van der Waals surface area contributed by atoms with E-state index < -0.39 is 12.2 Å². The Morgan fingerprint density at radius 3 is 2.59 bits per heavy atom. The third-order valence-electron chi connectivity index (χ3n) is 2.92. The van der Waals surface area contributed by atoms with E-state index in [1.54, 1.807) is 18.2 Å². The number of benzene rings is 1. The van der Waals surface area contributed by atoms with Crippen LogP contribution in [0.1, 0.15) is 5.56 Å². The van der Waals surface area contributed by atoms with Crippen LogP contribution in [0.5, 0.6) is 0 Å². The summed E-state index contributed by atoms with van der Waals surface area (Å²) in [4.78, 5) is 13.4. The van der Waals surface area contributed by atoms with Gasteiger partial charge in [0, 0.05) is 18.8 Å².